The van der Waals surface area contributed by atoms with Crippen molar-refractivity contribution in [1.82, 2.24) is 25.5 Å². The third kappa shape index (κ3) is 5.53. The van der Waals surface area contributed by atoms with E-state index < -0.39 is 12.0 Å². The van der Waals surface area contributed by atoms with Crippen LogP contribution in [0.15, 0.2) is 23.4 Å². The summed E-state index contributed by atoms with van der Waals surface area (Å²) >= 11 is 1.21. The first-order valence-electron chi connectivity index (χ1n) is 8.68. The SMILES string of the molecule is COC(=O)[C@H](CC(C)C)NC(=O)CSc1nnnn1-c1cccc(C)c1C. The van der Waals surface area contributed by atoms with Crippen molar-refractivity contribution in [3.8, 4) is 5.69 Å². The Morgan fingerprint density at radius 3 is 2.70 bits per heavy atom. The summed E-state index contributed by atoms with van der Waals surface area (Å²) < 4.78 is 6.39. The third-order valence-electron chi connectivity index (χ3n) is 4.11. The van der Waals surface area contributed by atoms with Gasteiger partial charge in [0.2, 0.25) is 11.1 Å². The van der Waals surface area contributed by atoms with Gasteiger partial charge in [0.25, 0.3) is 0 Å². The topological polar surface area (TPSA) is 99.0 Å². The van der Waals surface area contributed by atoms with Crippen LogP contribution >= 0.6 is 11.8 Å². The molecule has 1 N–H and O–H groups in total. The highest BCUT2D eigenvalue weighted by atomic mass is 32.2. The van der Waals surface area contributed by atoms with Crippen LogP contribution in [0.25, 0.3) is 5.69 Å². The Bertz CT molecular complexity index is 806. The normalized spacial score (nSPS) is 12.1. The number of methoxy groups -OCH3 is 1. The third-order valence-corrected chi connectivity index (χ3v) is 5.02. The van der Waals surface area contributed by atoms with Crippen LogP contribution in [0.2, 0.25) is 0 Å². The van der Waals surface area contributed by atoms with E-state index >= 15 is 0 Å². The van der Waals surface area contributed by atoms with Gasteiger partial charge in [0.1, 0.15) is 6.04 Å². The molecular weight excluding hydrogens is 366 g/mol. The van der Waals surface area contributed by atoms with Crippen LogP contribution in [0.5, 0.6) is 0 Å². The lowest BCUT2D eigenvalue weighted by atomic mass is 10.0. The van der Waals surface area contributed by atoms with Gasteiger partial charge in [-0.2, -0.15) is 4.68 Å². The average molecular weight is 391 g/mol. The zero-order valence-electron chi connectivity index (χ0n) is 16.2. The second kappa shape index (κ2) is 9.50. The summed E-state index contributed by atoms with van der Waals surface area (Å²) in [6.07, 6.45) is 0.517. The maximum atomic E-state index is 12.3. The minimum atomic E-state index is -0.655. The second-order valence-corrected chi connectivity index (χ2v) is 7.60. The Kier molecular flexibility index (Phi) is 7.35. The molecule has 2 rings (SSSR count). The summed E-state index contributed by atoms with van der Waals surface area (Å²) in [5.41, 5.74) is 3.07. The van der Waals surface area contributed by atoms with E-state index in [1.54, 1.807) is 4.68 Å². The van der Waals surface area contributed by atoms with Crippen LogP contribution in [0.4, 0.5) is 0 Å². The fourth-order valence-electron chi connectivity index (χ4n) is 2.58. The molecule has 0 fully saturated rings. The number of thioether (sulfide) groups is 1. The summed E-state index contributed by atoms with van der Waals surface area (Å²) in [5.74, 6) is -0.371. The molecule has 1 amide bonds. The fourth-order valence-corrected chi connectivity index (χ4v) is 3.27. The van der Waals surface area contributed by atoms with Gasteiger partial charge in [0, 0.05) is 0 Å². The molecule has 0 aliphatic rings. The summed E-state index contributed by atoms with van der Waals surface area (Å²) in [4.78, 5) is 24.1. The van der Waals surface area contributed by atoms with Crippen LogP contribution < -0.4 is 5.32 Å². The van der Waals surface area contributed by atoms with E-state index in [9.17, 15) is 9.59 Å². The lowest BCUT2D eigenvalue weighted by Gasteiger charge is -2.18. The number of rotatable bonds is 8. The van der Waals surface area contributed by atoms with E-state index in [-0.39, 0.29) is 17.6 Å². The summed E-state index contributed by atoms with van der Waals surface area (Å²) in [6.45, 7) is 7.98. The lowest BCUT2D eigenvalue weighted by molar-refractivity contribution is -0.145. The van der Waals surface area contributed by atoms with Gasteiger partial charge >= 0.3 is 5.97 Å². The van der Waals surface area contributed by atoms with Crippen LogP contribution in [0, 0.1) is 19.8 Å². The highest BCUT2D eigenvalue weighted by Gasteiger charge is 2.23. The number of nitrogens with one attached hydrogen (secondary N) is 1. The van der Waals surface area contributed by atoms with E-state index in [0.717, 1.165) is 16.8 Å². The van der Waals surface area contributed by atoms with E-state index in [0.29, 0.717) is 11.6 Å². The first-order chi connectivity index (χ1) is 12.8. The molecule has 0 unspecified atom stereocenters. The van der Waals surface area contributed by atoms with E-state index in [1.165, 1.54) is 18.9 Å². The Labute approximate surface area is 163 Å². The molecule has 1 heterocycles. The monoisotopic (exact) mass is 391 g/mol. The average Bonchev–Trinajstić information content (AvgIpc) is 3.09. The van der Waals surface area contributed by atoms with Gasteiger partial charge in [-0.15, -0.1) is 5.10 Å². The van der Waals surface area contributed by atoms with Gasteiger partial charge in [-0.1, -0.05) is 37.7 Å². The molecule has 0 aliphatic heterocycles. The van der Waals surface area contributed by atoms with Crippen molar-refractivity contribution < 1.29 is 14.3 Å². The van der Waals surface area contributed by atoms with Crippen molar-refractivity contribution in [2.24, 2.45) is 5.92 Å². The number of aromatic nitrogens is 4. The van der Waals surface area contributed by atoms with E-state index in [4.69, 9.17) is 4.74 Å². The minimum Gasteiger partial charge on any atom is -0.467 e. The molecule has 0 radical (unpaired) electrons. The van der Waals surface area contributed by atoms with Gasteiger partial charge in [0.15, 0.2) is 0 Å². The number of carbonyl (C=O) groups is 2. The van der Waals surface area contributed by atoms with Gasteiger partial charge in [-0.05, 0) is 53.8 Å². The molecule has 1 aromatic heterocycles. The maximum absolute atomic E-state index is 12.3. The molecule has 0 aliphatic carbocycles. The molecule has 1 atom stereocenters. The molecule has 0 saturated heterocycles. The summed E-state index contributed by atoms with van der Waals surface area (Å²) in [6, 6.07) is 5.23. The smallest absolute Gasteiger partial charge is 0.328 e. The second-order valence-electron chi connectivity index (χ2n) is 6.65. The molecule has 146 valence electrons. The molecule has 8 nitrogen and oxygen atoms in total. The number of hydrogen-bond donors (Lipinski definition) is 1. The number of ether oxygens (including phenoxy) is 1. The number of carbonyl (C=O) groups excluding carboxylic acids is 2. The molecule has 0 saturated carbocycles. The Morgan fingerprint density at radius 1 is 1.30 bits per heavy atom. The molecule has 1 aromatic carbocycles. The number of nitrogens with zero attached hydrogens (tertiary/aromatic N) is 4. The van der Waals surface area contributed by atoms with Crippen LogP contribution in [0.1, 0.15) is 31.4 Å². The highest BCUT2D eigenvalue weighted by molar-refractivity contribution is 7.99. The fraction of sp³-hybridized carbons (Fsp3) is 0.500. The van der Waals surface area contributed by atoms with Crippen molar-refractivity contribution >= 4 is 23.6 Å². The molecule has 27 heavy (non-hydrogen) atoms. The van der Waals surface area contributed by atoms with Crippen molar-refractivity contribution in [1.29, 1.82) is 0 Å². The van der Waals surface area contributed by atoms with Crippen LogP contribution in [0.3, 0.4) is 0 Å². The predicted molar refractivity (Wildman–Crippen MR) is 103 cm³/mol. The number of benzene rings is 1. The number of hydrogen-bond acceptors (Lipinski definition) is 7. The van der Waals surface area contributed by atoms with Gasteiger partial charge in [0.05, 0.1) is 18.6 Å². The molecule has 0 bridgehead atoms. The van der Waals surface area contributed by atoms with E-state index in [1.807, 2.05) is 45.9 Å². The minimum absolute atomic E-state index is 0.0941. The Balaban J connectivity index is 2.05. The first-order valence-corrected chi connectivity index (χ1v) is 9.67. The molecular formula is C18H25N5O3S. The molecule has 0 spiro atoms. The zero-order chi connectivity index (χ0) is 20.0. The van der Waals surface area contributed by atoms with Gasteiger partial charge in [-0.3, -0.25) is 4.79 Å². The predicted octanol–water partition coefficient (Wildman–Crippen LogP) is 2.08. The van der Waals surface area contributed by atoms with Crippen LogP contribution in [-0.4, -0.2) is 51.0 Å². The largest absolute Gasteiger partial charge is 0.467 e. The summed E-state index contributed by atoms with van der Waals surface area (Å²) in [7, 11) is 1.31. The van der Waals surface area contributed by atoms with Crippen molar-refractivity contribution in [3.63, 3.8) is 0 Å². The quantitative estimate of drug-likeness (QED) is 0.543. The number of tetrazole rings is 1. The highest BCUT2D eigenvalue weighted by Crippen LogP contribution is 2.22. The van der Waals surface area contributed by atoms with E-state index in [2.05, 4.69) is 20.8 Å². The van der Waals surface area contributed by atoms with Crippen LogP contribution in [-0.2, 0) is 14.3 Å². The lowest BCUT2D eigenvalue weighted by Crippen LogP contribution is -2.43. The molecule has 9 heteroatoms. The number of esters is 1. The van der Waals surface area contributed by atoms with Crippen molar-refractivity contribution in [3.05, 3.63) is 29.3 Å². The Hall–Kier alpha value is -2.42. The maximum Gasteiger partial charge on any atom is 0.328 e. The summed E-state index contributed by atoms with van der Waals surface area (Å²) in [5, 5.41) is 15.0. The molecule has 2 aromatic rings. The Morgan fingerprint density at radius 2 is 2.04 bits per heavy atom. The van der Waals surface area contributed by atoms with Crippen molar-refractivity contribution in [2.45, 2.75) is 45.3 Å². The number of amides is 1. The van der Waals surface area contributed by atoms with Gasteiger partial charge in [-0.25, -0.2) is 4.79 Å². The van der Waals surface area contributed by atoms with Crippen molar-refractivity contribution in [2.75, 3.05) is 12.9 Å². The zero-order valence-corrected chi connectivity index (χ0v) is 17.0. The first kappa shape index (κ1) is 20.9. The number of aryl methyl sites for hydroxylation is 1. The van der Waals surface area contributed by atoms with Gasteiger partial charge < -0.3 is 10.1 Å². The standard InChI is InChI=1S/C18H25N5O3S/c1-11(2)9-14(17(25)26-5)19-16(24)10-27-18-20-21-22-23(18)15-8-6-7-12(3)13(15)4/h6-8,11,14H,9-10H2,1-5H3,(H,19,24)/t14-/m0/s1.